The normalized spacial score (nSPS) is 24.4. The molecule has 0 radical (unpaired) electrons. The number of rotatable bonds is 4. The van der Waals surface area contributed by atoms with E-state index < -0.39 is 24.4 Å². The first-order valence-corrected chi connectivity index (χ1v) is 10.2. The van der Waals surface area contributed by atoms with Crippen LogP contribution in [0, 0.1) is 12.7 Å². The highest BCUT2D eigenvalue weighted by atomic mass is 19.3. The predicted molar refractivity (Wildman–Crippen MR) is 107 cm³/mol. The quantitative estimate of drug-likeness (QED) is 0.814. The molecule has 0 saturated carbocycles. The molecule has 0 unspecified atom stereocenters. The van der Waals surface area contributed by atoms with Crippen LogP contribution in [0.5, 0.6) is 5.75 Å². The van der Waals surface area contributed by atoms with E-state index in [1.165, 1.54) is 30.3 Å². The summed E-state index contributed by atoms with van der Waals surface area (Å²) in [5.41, 5.74) is 1.74. The summed E-state index contributed by atoms with van der Waals surface area (Å²) in [7, 11) is 0. The molecule has 7 heteroatoms. The second-order valence-electron chi connectivity index (χ2n) is 8.31. The average Bonchev–Trinajstić information content (AvgIpc) is 3.05. The van der Waals surface area contributed by atoms with Gasteiger partial charge in [0, 0.05) is 13.1 Å². The molecule has 2 atom stereocenters. The number of halogens is 3. The summed E-state index contributed by atoms with van der Waals surface area (Å²) in [6.45, 7) is 2.37. The largest absolute Gasteiger partial charge is 0.508 e. The van der Waals surface area contributed by atoms with E-state index in [9.17, 15) is 23.1 Å². The van der Waals surface area contributed by atoms with Crippen LogP contribution in [0.4, 0.5) is 13.2 Å². The van der Waals surface area contributed by atoms with E-state index in [4.69, 9.17) is 0 Å². The van der Waals surface area contributed by atoms with Gasteiger partial charge in [-0.2, -0.15) is 0 Å². The Morgan fingerprint density at radius 1 is 1.10 bits per heavy atom. The number of amides is 1. The van der Waals surface area contributed by atoms with E-state index in [1.807, 2.05) is 0 Å². The van der Waals surface area contributed by atoms with E-state index >= 15 is 0 Å². The standard InChI is InChI=1S/C23H25F3N2O2/c1-15-2-3-16(12-20(15)24)13-27-11-9-21(22(27)30)28-10-8-19(23(25,26)14-28)17-4-6-18(29)7-5-17/h2-7,12,19,21,29H,8-11,13-14H2,1H3/t19-,21-/m0/s1. The highest BCUT2D eigenvalue weighted by molar-refractivity contribution is 5.84. The second kappa shape index (κ2) is 7.95. The lowest BCUT2D eigenvalue weighted by atomic mass is 9.85. The molecule has 0 aliphatic carbocycles. The average molecular weight is 418 g/mol. The lowest BCUT2D eigenvalue weighted by Gasteiger charge is -2.40. The van der Waals surface area contributed by atoms with Crippen LogP contribution in [0.15, 0.2) is 42.5 Å². The zero-order chi connectivity index (χ0) is 21.5. The summed E-state index contributed by atoms with van der Waals surface area (Å²) in [6, 6.07) is 10.2. The van der Waals surface area contributed by atoms with Crippen LogP contribution in [-0.2, 0) is 11.3 Å². The molecule has 1 amide bonds. The van der Waals surface area contributed by atoms with Crippen molar-refractivity contribution in [3.63, 3.8) is 0 Å². The molecular weight excluding hydrogens is 393 g/mol. The van der Waals surface area contributed by atoms with Crippen LogP contribution in [0.25, 0.3) is 0 Å². The minimum absolute atomic E-state index is 0.0459. The third kappa shape index (κ3) is 4.03. The third-order valence-corrected chi connectivity index (χ3v) is 6.24. The Bertz CT molecular complexity index is 933. The molecule has 2 fully saturated rings. The second-order valence-corrected chi connectivity index (χ2v) is 8.31. The monoisotopic (exact) mass is 418 g/mol. The zero-order valence-corrected chi connectivity index (χ0v) is 16.8. The maximum Gasteiger partial charge on any atom is 0.267 e. The summed E-state index contributed by atoms with van der Waals surface area (Å²) in [6.07, 6.45) is 0.734. The number of phenols is 1. The van der Waals surface area contributed by atoms with Crippen molar-refractivity contribution >= 4 is 5.91 Å². The van der Waals surface area contributed by atoms with Gasteiger partial charge in [0.05, 0.1) is 18.5 Å². The van der Waals surface area contributed by atoms with Crippen molar-refractivity contribution in [3.05, 3.63) is 65.0 Å². The van der Waals surface area contributed by atoms with E-state index in [0.717, 1.165) is 0 Å². The number of aryl methyl sites for hydroxylation is 1. The van der Waals surface area contributed by atoms with Crippen molar-refractivity contribution in [2.75, 3.05) is 19.6 Å². The number of hydrogen-bond donors (Lipinski definition) is 1. The Balaban J connectivity index is 1.42. The molecule has 2 aromatic carbocycles. The number of benzene rings is 2. The van der Waals surface area contributed by atoms with Gasteiger partial charge in [0.25, 0.3) is 5.92 Å². The number of nitrogens with zero attached hydrogens (tertiary/aromatic N) is 2. The van der Waals surface area contributed by atoms with Crippen LogP contribution in [-0.4, -0.2) is 52.4 Å². The van der Waals surface area contributed by atoms with E-state index in [0.29, 0.717) is 36.2 Å². The molecule has 0 aromatic heterocycles. The van der Waals surface area contributed by atoms with Gasteiger partial charge in [0.2, 0.25) is 5.91 Å². The predicted octanol–water partition coefficient (Wildman–Crippen LogP) is 4.07. The molecule has 2 aliphatic rings. The fourth-order valence-electron chi connectivity index (χ4n) is 4.52. The van der Waals surface area contributed by atoms with Gasteiger partial charge in [-0.1, -0.05) is 24.3 Å². The SMILES string of the molecule is Cc1ccc(CN2CC[C@H](N3CC[C@@H](c4ccc(O)cc4)C(F)(F)C3)C2=O)cc1F. The summed E-state index contributed by atoms with van der Waals surface area (Å²) in [5, 5.41) is 9.40. The first kappa shape index (κ1) is 20.7. The number of piperidine rings is 1. The summed E-state index contributed by atoms with van der Waals surface area (Å²) in [5.74, 6) is -4.34. The molecule has 160 valence electrons. The van der Waals surface area contributed by atoms with Crippen molar-refractivity contribution in [1.82, 2.24) is 9.80 Å². The van der Waals surface area contributed by atoms with Crippen molar-refractivity contribution < 1.29 is 23.1 Å². The zero-order valence-electron chi connectivity index (χ0n) is 16.8. The molecular formula is C23H25F3N2O2. The number of alkyl halides is 2. The highest BCUT2D eigenvalue weighted by Gasteiger charge is 2.49. The summed E-state index contributed by atoms with van der Waals surface area (Å²) < 4.78 is 43.7. The Labute approximate surface area is 173 Å². The molecule has 0 spiro atoms. The molecule has 1 N–H and O–H groups in total. The topological polar surface area (TPSA) is 43.8 Å². The van der Waals surface area contributed by atoms with Crippen LogP contribution in [0.3, 0.4) is 0 Å². The minimum atomic E-state index is -2.97. The molecule has 2 saturated heterocycles. The maximum absolute atomic E-state index is 14.9. The Hall–Kier alpha value is -2.54. The minimum Gasteiger partial charge on any atom is -0.508 e. The van der Waals surface area contributed by atoms with Crippen LogP contribution in [0.1, 0.15) is 35.4 Å². The third-order valence-electron chi connectivity index (χ3n) is 6.24. The van der Waals surface area contributed by atoms with Gasteiger partial charge in [0.15, 0.2) is 0 Å². The van der Waals surface area contributed by atoms with E-state index in [-0.39, 0.29) is 30.4 Å². The highest BCUT2D eigenvalue weighted by Crippen LogP contribution is 2.42. The molecule has 4 nitrogen and oxygen atoms in total. The van der Waals surface area contributed by atoms with Gasteiger partial charge in [0.1, 0.15) is 11.6 Å². The van der Waals surface area contributed by atoms with Gasteiger partial charge in [-0.3, -0.25) is 9.69 Å². The number of carbonyl (C=O) groups excluding carboxylic acids is 1. The lowest BCUT2D eigenvalue weighted by Crippen LogP contribution is -2.53. The van der Waals surface area contributed by atoms with Crippen molar-refractivity contribution in [3.8, 4) is 5.75 Å². The van der Waals surface area contributed by atoms with Gasteiger partial charge >= 0.3 is 0 Å². The van der Waals surface area contributed by atoms with Crippen molar-refractivity contribution in [2.24, 2.45) is 0 Å². The molecule has 30 heavy (non-hydrogen) atoms. The number of likely N-dealkylation sites (tertiary alicyclic amines) is 2. The molecule has 4 rings (SSSR count). The van der Waals surface area contributed by atoms with Gasteiger partial charge in [-0.15, -0.1) is 0 Å². The smallest absolute Gasteiger partial charge is 0.267 e. The van der Waals surface area contributed by atoms with Crippen molar-refractivity contribution in [2.45, 2.75) is 44.2 Å². The van der Waals surface area contributed by atoms with Crippen molar-refractivity contribution in [1.29, 1.82) is 0 Å². The number of carbonyl (C=O) groups is 1. The Morgan fingerprint density at radius 3 is 2.50 bits per heavy atom. The lowest BCUT2D eigenvalue weighted by molar-refractivity contribution is -0.138. The Kier molecular flexibility index (Phi) is 5.49. The first-order valence-electron chi connectivity index (χ1n) is 10.2. The summed E-state index contributed by atoms with van der Waals surface area (Å²) in [4.78, 5) is 16.1. The molecule has 2 heterocycles. The fraction of sp³-hybridized carbons (Fsp3) is 0.435. The summed E-state index contributed by atoms with van der Waals surface area (Å²) >= 11 is 0. The molecule has 2 aromatic rings. The van der Waals surface area contributed by atoms with Gasteiger partial charge < -0.3 is 10.0 Å². The number of phenolic OH excluding ortho intramolecular Hbond substituents is 1. The van der Waals surface area contributed by atoms with E-state index in [1.54, 1.807) is 28.9 Å². The van der Waals surface area contributed by atoms with E-state index in [2.05, 4.69) is 0 Å². The van der Waals surface area contributed by atoms with Crippen LogP contribution in [0.2, 0.25) is 0 Å². The maximum atomic E-state index is 14.9. The van der Waals surface area contributed by atoms with Crippen LogP contribution >= 0.6 is 0 Å². The molecule has 0 bridgehead atoms. The number of hydrogen-bond acceptors (Lipinski definition) is 3. The van der Waals surface area contributed by atoms with Gasteiger partial charge in [-0.05, 0) is 61.2 Å². The Morgan fingerprint density at radius 2 is 1.83 bits per heavy atom. The first-order chi connectivity index (χ1) is 14.2. The van der Waals surface area contributed by atoms with Gasteiger partial charge in [-0.25, -0.2) is 13.2 Å². The fourth-order valence-corrected chi connectivity index (χ4v) is 4.52. The number of aromatic hydroxyl groups is 1. The van der Waals surface area contributed by atoms with Crippen LogP contribution < -0.4 is 0 Å². The molecule has 2 aliphatic heterocycles.